The van der Waals surface area contributed by atoms with Crippen LogP contribution in [0.4, 0.5) is 0 Å². The monoisotopic (exact) mass is 358 g/mol. The third-order valence-electron chi connectivity index (χ3n) is 4.53. The standard InChI is InChI=1S/C18H22N4O2S/c1-11(18(24)22-9-7-13(8-10-22)16(19)23)25-17-14-5-3-4-6-15(14)20-12(2)21-17/h3-6,11,13H,7-10H2,1-2H3,(H2,19,23). The Morgan fingerprint density at radius 2 is 1.92 bits per heavy atom. The summed E-state index contributed by atoms with van der Waals surface area (Å²) in [5, 5.41) is 1.55. The third kappa shape index (κ3) is 3.92. The fraction of sp³-hybridized carbons (Fsp3) is 0.444. The molecule has 7 heteroatoms. The van der Waals surface area contributed by atoms with Crippen molar-refractivity contribution in [3.05, 3.63) is 30.1 Å². The number of likely N-dealkylation sites (tertiary alicyclic amines) is 1. The number of hydrogen-bond donors (Lipinski definition) is 1. The molecule has 1 fully saturated rings. The summed E-state index contributed by atoms with van der Waals surface area (Å²) in [5.41, 5.74) is 6.25. The highest BCUT2D eigenvalue weighted by molar-refractivity contribution is 8.00. The molecule has 0 radical (unpaired) electrons. The van der Waals surface area contributed by atoms with Crippen LogP contribution < -0.4 is 5.73 Å². The van der Waals surface area contributed by atoms with E-state index in [1.165, 1.54) is 11.8 Å². The van der Waals surface area contributed by atoms with Crippen molar-refractivity contribution < 1.29 is 9.59 Å². The van der Waals surface area contributed by atoms with Gasteiger partial charge < -0.3 is 10.6 Å². The van der Waals surface area contributed by atoms with E-state index in [1.54, 1.807) is 0 Å². The van der Waals surface area contributed by atoms with Crippen molar-refractivity contribution in [2.75, 3.05) is 13.1 Å². The van der Waals surface area contributed by atoms with Crippen molar-refractivity contribution in [3.63, 3.8) is 0 Å². The lowest BCUT2D eigenvalue weighted by molar-refractivity contribution is -0.134. The molecule has 2 heterocycles. The van der Waals surface area contributed by atoms with Crippen molar-refractivity contribution in [1.29, 1.82) is 0 Å². The lowest BCUT2D eigenvalue weighted by Gasteiger charge is -2.32. The molecule has 1 aromatic carbocycles. The maximum Gasteiger partial charge on any atom is 0.235 e. The number of nitrogens with two attached hydrogens (primary N) is 1. The number of nitrogens with zero attached hydrogens (tertiary/aromatic N) is 3. The Morgan fingerprint density at radius 1 is 1.24 bits per heavy atom. The van der Waals surface area contributed by atoms with E-state index in [0.29, 0.717) is 31.8 Å². The first-order valence-electron chi connectivity index (χ1n) is 8.44. The maximum atomic E-state index is 12.7. The molecule has 25 heavy (non-hydrogen) atoms. The SMILES string of the molecule is Cc1nc(SC(C)C(=O)N2CCC(C(N)=O)CC2)c2ccccc2n1. The predicted molar refractivity (Wildman–Crippen MR) is 98.1 cm³/mol. The minimum absolute atomic E-state index is 0.0771. The van der Waals surface area contributed by atoms with Crippen LogP contribution in [0.5, 0.6) is 0 Å². The average Bonchev–Trinajstić information content (AvgIpc) is 2.61. The second-order valence-corrected chi connectivity index (χ2v) is 7.68. The van der Waals surface area contributed by atoms with Gasteiger partial charge in [0.25, 0.3) is 0 Å². The Balaban J connectivity index is 1.71. The summed E-state index contributed by atoms with van der Waals surface area (Å²) in [7, 11) is 0. The van der Waals surface area contributed by atoms with Crippen LogP contribution in [0.1, 0.15) is 25.6 Å². The number of benzene rings is 1. The molecule has 1 aliphatic rings. The van der Waals surface area contributed by atoms with Gasteiger partial charge in [-0.15, -0.1) is 0 Å². The molecule has 2 aromatic rings. The summed E-state index contributed by atoms with van der Waals surface area (Å²) in [6.07, 6.45) is 1.29. The molecule has 6 nitrogen and oxygen atoms in total. The Morgan fingerprint density at radius 3 is 2.60 bits per heavy atom. The van der Waals surface area contributed by atoms with Gasteiger partial charge >= 0.3 is 0 Å². The van der Waals surface area contributed by atoms with Gasteiger partial charge in [0.15, 0.2) is 0 Å². The van der Waals surface area contributed by atoms with Gasteiger partial charge in [0, 0.05) is 24.4 Å². The molecule has 2 N–H and O–H groups in total. The van der Waals surface area contributed by atoms with Crippen LogP contribution in [0, 0.1) is 12.8 Å². The fourth-order valence-corrected chi connectivity index (χ4v) is 4.18. The summed E-state index contributed by atoms with van der Waals surface area (Å²) < 4.78 is 0. The topological polar surface area (TPSA) is 89.2 Å². The molecule has 3 rings (SSSR count). The molecule has 1 atom stereocenters. The van der Waals surface area contributed by atoms with Gasteiger partial charge in [-0.05, 0) is 32.8 Å². The highest BCUT2D eigenvalue weighted by Crippen LogP contribution is 2.30. The van der Waals surface area contributed by atoms with Gasteiger partial charge in [-0.2, -0.15) is 0 Å². The number of fused-ring (bicyclic) bond motifs is 1. The smallest absolute Gasteiger partial charge is 0.235 e. The number of amides is 2. The Kier molecular flexibility index (Phi) is 5.22. The first kappa shape index (κ1) is 17.7. The highest BCUT2D eigenvalue weighted by atomic mass is 32.2. The zero-order valence-corrected chi connectivity index (χ0v) is 15.3. The van der Waals surface area contributed by atoms with E-state index in [1.807, 2.05) is 43.0 Å². The summed E-state index contributed by atoms with van der Waals surface area (Å²) in [5.74, 6) is 0.398. The van der Waals surface area contributed by atoms with E-state index in [0.717, 1.165) is 15.9 Å². The highest BCUT2D eigenvalue weighted by Gasteiger charge is 2.29. The molecule has 0 saturated carbocycles. The van der Waals surface area contributed by atoms with Crippen LogP contribution >= 0.6 is 11.8 Å². The quantitative estimate of drug-likeness (QED) is 0.668. The lowest BCUT2D eigenvalue weighted by atomic mass is 9.96. The number of carbonyl (C=O) groups excluding carboxylic acids is 2. The van der Waals surface area contributed by atoms with E-state index in [2.05, 4.69) is 9.97 Å². The van der Waals surface area contributed by atoms with Crippen LogP contribution in [0.15, 0.2) is 29.3 Å². The molecule has 0 bridgehead atoms. The van der Waals surface area contributed by atoms with Gasteiger partial charge in [-0.25, -0.2) is 9.97 Å². The van der Waals surface area contributed by atoms with Gasteiger partial charge in [0.2, 0.25) is 11.8 Å². The van der Waals surface area contributed by atoms with Crippen LogP contribution in [-0.4, -0.2) is 45.0 Å². The van der Waals surface area contributed by atoms with Crippen LogP contribution in [-0.2, 0) is 9.59 Å². The number of thioether (sulfide) groups is 1. The minimum Gasteiger partial charge on any atom is -0.369 e. The number of piperidine rings is 1. The van der Waals surface area contributed by atoms with Gasteiger partial charge in [-0.3, -0.25) is 9.59 Å². The largest absolute Gasteiger partial charge is 0.369 e. The van der Waals surface area contributed by atoms with Crippen LogP contribution in [0.25, 0.3) is 10.9 Å². The first-order chi connectivity index (χ1) is 12.0. The molecule has 2 amide bonds. The maximum absolute atomic E-state index is 12.7. The molecule has 1 aromatic heterocycles. The van der Waals surface area contributed by atoms with E-state index >= 15 is 0 Å². The van der Waals surface area contributed by atoms with Crippen molar-refractivity contribution in [1.82, 2.24) is 14.9 Å². The van der Waals surface area contributed by atoms with E-state index in [-0.39, 0.29) is 23.0 Å². The van der Waals surface area contributed by atoms with Crippen molar-refractivity contribution in [2.45, 2.75) is 37.0 Å². The van der Waals surface area contributed by atoms with Gasteiger partial charge in [0.1, 0.15) is 10.9 Å². The van der Waals surface area contributed by atoms with E-state index in [4.69, 9.17) is 5.73 Å². The zero-order valence-electron chi connectivity index (χ0n) is 14.4. The number of rotatable bonds is 4. The number of aryl methyl sites for hydroxylation is 1. The number of aromatic nitrogens is 2. The molecule has 1 unspecified atom stereocenters. The normalized spacial score (nSPS) is 16.8. The second-order valence-electron chi connectivity index (χ2n) is 6.36. The molecule has 0 aliphatic carbocycles. The predicted octanol–water partition coefficient (Wildman–Crippen LogP) is 2.14. The molecular formula is C18H22N4O2S. The molecule has 1 aliphatic heterocycles. The minimum atomic E-state index is -0.266. The third-order valence-corrected chi connectivity index (χ3v) is 5.61. The van der Waals surface area contributed by atoms with Crippen molar-refractivity contribution >= 4 is 34.5 Å². The second kappa shape index (κ2) is 7.39. The van der Waals surface area contributed by atoms with Crippen molar-refractivity contribution in [2.24, 2.45) is 11.7 Å². The summed E-state index contributed by atoms with van der Waals surface area (Å²) >= 11 is 1.46. The Bertz CT molecular complexity index is 803. The first-order valence-corrected chi connectivity index (χ1v) is 9.32. The summed E-state index contributed by atoms with van der Waals surface area (Å²) in [6.45, 7) is 4.93. The summed E-state index contributed by atoms with van der Waals surface area (Å²) in [6, 6.07) is 7.83. The number of para-hydroxylation sites is 1. The van der Waals surface area contributed by atoms with E-state index < -0.39 is 0 Å². The number of carbonyl (C=O) groups is 2. The Hall–Kier alpha value is -2.15. The number of hydrogen-bond acceptors (Lipinski definition) is 5. The average molecular weight is 358 g/mol. The van der Waals surface area contributed by atoms with Gasteiger partial charge in [0.05, 0.1) is 10.8 Å². The molecular weight excluding hydrogens is 336 g/mol. The van der Waals surface area contributed by atoms with E-state index in [9.17, 15) is 9.59 Å². The zero-order chi connectivity index (χ0) is 18.0. The number of primary amides is 1. The molecule has 1 saturated heterocycles. The van der Waals surface area contributed by atoms with Crippen molar-refractivity contribution in [3.8, 4) is 0 Å². The Labute approximate surface area is 151 Å². The van der Waals surface area contributed by atoms with Crippen LogP contribution in [0.3, 0.4) is 0 Å². The van der Waals surface area contributed by atoms with Crippen LogP contribution in [0.2, 0.25) is 0 Å². The summed E-state index contributed by atoms with van der Waals surface area (Å²) in [4.78, 5) is 34.8. The fourth-order valence-electron chi connectivity index (χ4n) is 3.11. The van der Waals surface area contributed by atoms with Gasteiger partial charge in [-0.1, -0.05) is 30.0 Å². The molecule has 0 spiro atoms. The lowest BCUT2D eigenvalue weighted by Crippen LogP contribution is -2.44. The molecule has 132 valence electrons.